The first kappa shape index (κ1) is 11.8. The van der Waals surface area contributed by atoms with Crippen LogP contribution in [0.2, 0.25) is 0 Å². The molecule has 96 valence electrons. The van der Waals surface area contributed by atoms with Crippen molar-refractivity contribution in [3.05, 3.63) is 48.3 Å². The van der Waals surface area contributed by atoms with Gasteiger partial charge in [0.05, 0.1) is 0 Å². The second kappa shape index (κ2) is 5.16. The van der Waals surface area contributed by atoms with E-state index in [0.29, 0.717) is 5.78 Å². The smallest absolute Gasteiger partial charge is 0.255 e. The molecule has 0 atom stereocenters. The van der Waals surface area contributed by atoms with Gasteiger partial charge in [-0.2, -0.15) is 0 Å². The van der Waals surface area contributed by atoms with Gasteiger partial charge in [-0.1, -0.05) is 24.3 Å². The number of nitrogens with one attached hydrogen (secondary N) is 1. The monoisotopic (exact) mass is 253 g/mol. The second-order valence-corrected chi connectivity index (χ2v) is 4.32. The maximum atomic E-state index is 4.26. The van der Waals surface area contributed by atoms with Gasteiger partial charge < -0.3 is 5.32 Å². The molecule has 3 aromatic rings. The lowest BCUT2D eigenvalue weighted by molar-refractivity contribution is 0.792. The van der Waals surface area contributed by atoms with Gasteiger partial charge in [-0.05, 0) is 31.6 Å². The average Bonchev–Trinajstić information content (AvgIpc) is 2.89. The summed E-state index contributed by atoms with van der Waals surface area (Å²) >= 11 is 0. The molecule has 1 aromatic carbocycles. The van der Waals surface area contributed by atoms with Crippen molar-refractivity contribution in [1.82, 2.24) is 24.9 Å². The molecule has 1 N–H and O–H groups in total. The lowest BCUT2D eigenvalue weighted by atomic mass is 10.0. The summed E-state index contributed by atoms with van der Waals surface area (Å²) in [6.07, 6.45) is 4.62. The molecule has 0 aliphatic carbocycles. The zero-order chi connectivity index (χ0) is 13.1. The van der Waals surface area contributed by atoms with Gasteiger partial charge in [0.25, 0.3) is 5.78 Å². The van der Waals surface area contributed by atoms with E-state index >= 15 is 0 Å². The van der Waals surface area contributed by atoms with E-state index in [1.165, 1.54) is 5.56 Å². The first-order chi connectivity index (χ1) is 9.40. The van der Waals surface area contributed by atoms with Crippen LogP contribution < -0.4 is 5.32 Å². The fourth-order valence-corrected chi connectivity index (χ4v) is 2.14. The lowest BCUT2D eigenvalue weighted by Gasteiger charge is -2.07. The minimum Gasteiger partial charge on any atom is -0.319 e. The van der Waals surface area contributed by atoms with Crippen molar-refractivity contribution in [3.8, 4) is 11.4 Å². The normalized spacial score (nSPS) is 11.0. The Kier molecular flexibility index (Phi) is 3.20. The molecule has 19 heavy (non-hydrogen) atoms. The van der Waals surface area contributed by atoms with Crippen LogP contribution in [0.5, 0.6) is 0 Å². The Morgan fingerprint density at radius 2 is 2.05 bits per heavy atom. The second-order valence-electron chi connectivity index (χ2n) is 4.32. The van der Waals surface area contributed by atoms with Gasteiger partial charge in [0.15, 0.2) is 5.82 Å². The number of nitrogens with zero attached hydrogens (tertiary/aromatic N) is 4. The molecular formula is C14H15N5. The summed E-state index contributed by atoms with van der Waals surface area (Å²) in [5.41, 5.74) is 2.37. The predicted octanol–water partition coefficient (Wildman–Crippen LogP) is 1.55. The summed E-state index contributed by atoms with van der Waals surface area (Å²) in [4.78, 5) is 4.20. The van der Waals surface area contributed by atoms with Crippen LogP contribution in [-0.2, 0) is 6.42 Å². The SMILES string of the molecule is CNCCc1ccccc1-c1nnc2ncccn12. The topological polar surface area (TPSA) is 55.1 Å². The van der Waals surface area contributed by atoms with Crippen LogP contribution >= 0.6 is 0 Å². The minimum absolute atomic E-state index is 0.626. The summed E-state index contributed by atoms with van der Waals surface area (Å²) in [7, 11) is 1.96. The highest BCUT2D eigenvalue weighted by Crippen LogP contribution is 2.22. The summed E-state index contributed by atoms with van der Waals surface area (Å²) in [6.45, 7) is 0.937. The van der Waals surface area contributed by atoms with E-state index in [4.69, 9.17) is 0 Å². The maximum absolute atomic E-state index is 4.26. The Bertz CT molecular complexity index is 689. The van der Waals surface area contributed by atoms with E-state index in [9.17, 15) is 0 Å². The van der Waals surface area contributed by atoms with Gasteiger partial charge in [-0.3, -0.25) is 4.40 Å². The zero-order valence-corrected chi connectivity index (χ0v) is 10.7. The summed E-state index contributed by atoms with van der Waals surface area (Å²) in [5.74, 6) is 1.47. The molecular weight excluding hydrogens is 238 g/mol. The van der Waals surface area contributed by atoms with Crippen LogP contribution in [0.15, 0.2) is 42.7 Å². The number of rotatable bonds is 4. The molecule has 0 aliphatic heterocycles. The molecule has 0 saturated heterocycles. The van der Waals surface area contributed by atoms with Crippen molar-refractivity contribution < 1.29 is 0 Å². The van der Waals surface area contributed by atoms with Crippen molar-refractivity contribution in [2.24, 2.45) is 0 Å². The largest absolute Gasteiger partial charge is 0.319 e. The standard InChI is InChI=1S/C14H15N5/c1-15-9-7-11-5-2-3-6-12(11)13-17-18-14-16-8-4-10-19(13)14/h2-6,8,10,15H,7,9H2,1H3. The molecule has 3 rings (SSSR count). The van der Waals surface area contributed by atoms with E-state index in [-0.39, 0.29) is 0 Å². The van der Waals surface area contributed by atoms with Gasteiger partial charge in [0, 0.05) is 18.0 Å². The van der Waals surface area contributed by atoms with Gasteiger partial charge >= 0.3 is 0 Å². The van der Waals surface area contributed by atoms with Crippen molar-refractivity contribution >= 4 is 5.78 Å². The van der Waals surface area contributed by atoms with E-state index < -0.39 is 0 Å². The highest BCUT2D eigenvalue weighted by molar-refractivity contribution is 5.62. The molecule has 2 aromatic heterocycles. The number of hydrogen-bond acceptors (Lipinski definition) is 4. The van der Waals surface area contributed by atoms with Crippen molar-refractivity contribution in [2.75, 3.05) is 13.6 Å². The molecule has 0 bridgehead atoms. The van der Waals surface area contributed by atoms with Crippen molar-refractivity contribution in [2.45, 2.75) is 6.42 Å². The van der Waals surface area contributed by atoms with Gasteiger partial charge in [0.1, 0.15) is 0 Å². The molecule has 0 amide bonds. The Morgan fingerprint density at radius 3 is 2.95 bits per heavy atom. The molecule has 0 spiro atoms. The van der Waals surface area contributed by atoms with Crippen molar-refractivity contribution in [1.29, 1.82) is 0 Å². The Hall–Kier alpha value is -2.27. The van der Waals surface area contributed by atoms with E-state index in [1.807, 2.05) is 29.8 Å². The Balaban J connectivity index is 2.11. The fourth-order valence-electron chi connectivity index (χ4n) is 2.14. The van der Waals surface area contributed by atoms with Crippen molar-refractivity contribution in [3.63, 3.8) is 0 Å². The molecule has 5 nitrogen and oxygen atoms in total. The van der Waals surface area contributed by atoms with E-state index in [2.05, 4.69) is 38.7 Å². The Morgan fingerprint density at radius 1 is 1.16 bits per heavy atom. The van der Waals surface area contributed by atoms with Gasteiger partial charge in [0.2, 0.25) is 0 Å². The molecule has 2 heterocycles. The van der Waals surface area contributed by atoms with E-state index in [0.717, 1.165) is 24.4 Å². The minimum atomic E-state index is 0.626. The quantitative estimate of drug-likeness (QED) is 0.766. The van der Waals surface area contributed by atoms with Gasteiger partial charge in [-0.25, -0.2) is 4.98 Å². The number of likely N-dealkylation sites (N-methyl/N-ethyl adjacent to an activating group) is 1. The third-order valence-corrected chi connectivity index (χ3v) is 3.09. The highest BCUT2D eigenvalue weighted by Gasteiger charge is 2.11. The first-order valence-corrected chi connectivity index (χ1v) is 6.29. The molecule has 0 radical (unpaired) electrons. The van der Waals surface area contributed by atoms with Crippen LogP contribution in [-0.4, -0.2) is 33.2 Å². The zero-order valence-electron chi connectivity index (χ0n) is 10.7. The third kappa shape index (κ3) is 2.20. The third-order valence-electron chi connectivity index (χ3n) is 3.09. The number of fused-ring (bicyclic) bond motifs is 1. The van der Waals surface area contributed by atoms with Crippen LogP contribution in [0.4, 0.5) is 0 Å². The highest BCUT2D eigenvalue weighted by atomic mass is 15.3. The summed E-state index contributed by atoms with van der Waals surface area (Å²) in [6, 6.07) is 10.2. The number of aromatic nitrogens is 4. The molecule has 0 unspecified atom stereocenters. The number of hydrogen-bond donors (Lipinski definition) is 1. The average molecular weight is 253 g/mol. The lowest BCUT2D eigenvalue weighted by Crippen LogP contribution is -2.11. The molecule has 0 aliphatic rings. The van der Waals surface area contributed by atoms with Crippen LogP contribution in [0.1, 0.15) is 5.56 Å². The Labute approximate surface area is 111 Å². The number of benzene rings is 1. The summed E-state index contributed by atoms with van der Waals surface area (Å²) in [5, 5.41) is 11.5. The fraction of sp³-hybridized carbons (Fsp3) is 0.214. The van der Waals surface area contributed by atoms with E-state index in [1.54, 1.807) is 6.20 Å². The van der Waals surface area contributed by atoms with Crippen LogP contribution in [0.3, 0.4) is 0 Å². The van der Waals surface area contributed by atoms with Crippen LogP contribution in [0.25, 0.3) is 17.2 Å². The molecule has 5 heteroatoms. The molecule has 0 saturated carbocycles. The van der Waals surface area contributed by atoms with Gasteiger partial charge in [-0.15, -0.1) is 10.2 Å². The molecule has 0 fully saturated rings. The first-order valence-electron chi connectivity index (χ1n) is 6.29. The predicted molar refractivity (Wildman–Crippen MR) is 73.8 cm³/mol. The summed E-state index contributed by atoms with van der Waals surface area (Å²) < 4.78 is 1.91. The maximum Gasteiger partial charge on any atom is 0.255 e. The van der Waals surface area contributed by atoms with Crippen LogP contribution in [0, 0.1) is 0 Å².